The van der Waals surface area contributed by atoms with Crippen LogP contribution >= 0.6 is 0 Å². The van der Waals surface area contributed by atoms with Crippen LogP contribution < -0.4 is 10.2 Å². The second-order valence-corrected chi connectivity index (χ2v) is 7.11. The van der Waals surface area contributed by atoms with Crippen LogP contribution in [0.25, 0.3) is 0 Å². The molecule has 0 aliphatic carbocycles. The molecule has 3 heterocycles. The molecule has 0 bridgehead atoms. The number of carbonyl (C=O) groups is 2. The number of nitrogens with zero attached hydrogens (tertiary/aromatic N) is 4. The molecular weight excluding hydrogens is 387 g/mol. The van der Waals surface area contributed by atoms with Crippen LogP contribution in [0.5, 0.6) is 0 Å². The highest BCUT2D eigenvalue weighted by Crippen LogP contribution is 2.21. The number of halogens is 1. The summed E-state index contributed by atoms with van der Waals surface area (Å²) in [5, 5.41) is 9.73. The summed E-state index contributed by atoms with van der Waals surface area (Å²) in [6.45, 7) is 3.56. The van der Waals surface area contributed by atoms with Gasteiger partial charge in [-0.1, -0.05) is 12.1 Å². The highest BCUT2D eigenvalue weighted by Gasteiger charge is 2.30. The number of anilines is 1. The number of aromatic amines is 1. The van der Waals surface area contributed by atoms with Crippen molar-refractivity contribution in [3.05, 3.63) is 77.0 Å². The average Bonchev–Trinajstić information content (AvgIpc) is 3.33. The number of H-pyrrole nitrogens is 1. The van der Waals surface area contributed by atoms with Gasteiger partial charge < -0.3 is 10.2 Å². The summed E-state index contributed by atoms with van der Waals surface area (Å²) in [7, 11) is 0. The number of benzene rings is 1. The lowest BCUT2D eigenvalue weighted by molar-refractivity contribution is 0.0950. The third-order valence-electron chi connectivity index (χ3n) is 4.85. The lowest BCUT2D eigenvalue weighted by Crippen LogP contribution is -2.32. The number of aryl methyl sites for hydroxylation is 1. The Morgan fingerprint density at radius 2 is 2.00 bits per heavy atom. The maximum atomic E-state index is 13.1. The summed E-state index contributed by atoms with van der Waals surface area (Å²) in [6.07, 6.45) is 1.51. The largest absolute Gasteiger partial charge is 0.346 e. The maximum Gasteiger partial charge on any atom is 0.326 e. The van der Waals surface area contributed by atoms with Crippen molar-refractivity contribution < 1.29 is 14.0 Å². The van der Waals surface area contributed by atoms with Gasteiger partial charge in [-0.15, -0.1) is 0 Å². The smallest absolute Gasteiger partial charge is 0.326 e. The SMILES string of the molecule is Cc1cc(CNC(=O)c2ccnc(N3CCN(Cc4ccc(F)cc4)C3=O)c2)n[nH]1. The van der Waals surface area contributed by atoms with Gasteiger partial charge in [0.05, 0.1) is 12.2 Å². The molecule has 1 saturated heterocycles. The molecule has 4 rings (SSSR count). The fourth-order valence-electron chi connectivity index (χ4n) is 3.30. The third-order valence-corrected chi connectivity index (χ3v) is 4.85. The quantitative estimate of drug-likeness (QED) is 0.656. The minimum absolute atomic E-state index is 0.198. The van der Waals surface area contributed by atoms with Gasteiger partial charge in [-0.3, -0.25) is 14.8 Å². The van der Waals surface area contributed by atoms with Crippen molar-refractivity contribution in [1.82, 2.24) is 25.4 Å². The summed E-state index contributed by atoms with van der Waals surface area (Å²) in [4.78, 5) is 32.7. The van der Waals surface area contributed by atoms with Gasteiger partial charge in [-0.05, 0) is 42.8 Å². The van der Waals surface area contributed by atoms with E-state index in [0.29, 0.717) is 37.6 Å². The Labute approximate surface area is 172 Å². The first-order valence-electron chi connectivity index (χ1n) is 9.55. The monoisotopic (exact) mass is 408 g/mol. The highest BCUT2D eigenvalue weighted by molar-refractivity contribution is 5.97. The van der Waals surface area contributed by atoms with Gasteiger partial charge in [0.1, 0.15) is 11.6 Å². The Kier molecular flexibility index (Phi) is 5.42. The van der Waals surface area contributed by atoms with Crippen molar-refractivity contribution in [3.8, 4) is 0 Å². The molecular formula is C21H21FN6O2. The molecule has 3 amide bonds. The van der Waals surface area contributed by atoms with Crippen molar-refractivity contribution in [3.63, 3.8) is 0 Å². The van der Waals surface area contributed by atoms with E-state index in [0.717, 1.165) is 17.0 Å². The van der Waals surface area contributed by atoms with Crippen LogP contribution in [0.3, 0.4) is 0 Å². The minimum Gasteiger partial charge on any atom is -0.346 e. The third kappa shape index (κ3) is 4.29. The first kappa shape index (κ1) is 19.6. The van der Waals surface area contributed by atoms with E-state index in [1.54, 1.807) is 29.2 Å². The second-order valence-electron chi connectivity index (χ2n) is 7.11. The van der Waals surface area contributed by atoms with E-state index in [4.69, 9.17) is 0 Å². The highest BCUT2D eigenvalue weighted by atomic mass is 19.1. The van der Waals surface area contributed by atoms with E-state index in [1.807, 2.05) is 13.0 Å². The van der Waals surface area contributed by atoms with E-state index in [2.05, 4.69) is 20.5 Å². The molecule has 30 heavy (non-hydrogen) atoms. The molecule has 2 N–H and O–H groups in total. The van der Waals surface area contributed by atoms with Crippen LogP contribution in [-0.2, 0) is 13.1 Å². The predicted molar refractivity (Wildman–Crippen MR) is 108 cm³/mol. The number of urea groups is 1. The summed E-state index contributed by atoms with van der Waals surface area (Å²) in [6, 6.07) is 10.9. The van der Waals surface area contributed by atoms with Crippen molar-refractivity contribution >= 4 is 17.8 Å². The van der Waals surface area contributed by atoms with Crippen molar-refractivity contribution in [2.45, 2.75) is 20.0 Å². The number of hydrogen-bond donors (Lipinski definition) is 2. The zero-order valence-electron chi connectivity index (χ0n) is 16.4. The molecule has 1 aromatic carbocycles. The molecule has 1 aliphatic rings. The first-order valence-corrected chi connectivity index (χ1v) is 9.55. The Morgan fingerprint density at radius 3 is 2.73 bits per heavy atom. The van der Waals surface area contributed by atoms with E-state index >= 15 is 0 Å². The second kappa shape index (κ2) is 8.32. The van der Waals surface area contributed by atoms with E-state index < -0.39 is 0 Å². The first-order chi connectivity index (χ1) is 14.5. The van der Waals surface area contributed by atoms with E-state index in [1.165, 1.54) is 23.2 Å². The number of hydrogen-bond acceptors (Lipinski definition) is 4. The zero-order chi connectivity index (χ0) is 21.1. The van der Waals surface area contributed by atoms with Crippen LogP contribution in [0.4, 0.5) is 15.0 Å². The van der Waals surface area contributed by atoms with Gasteiger partial charge >= 0.3 is 6.03 Å². The molecule has 3 aromatic rings. The fourth-order valence-corrected chi connectivity index (χ4v) is 3.30. The molecule has 8 nitrogen and oxygen atoms in total. The van der Waals surface area contributed by atoms with Gasteiger partial charge in [0.25, 0.3) is 5.91 Å². The van der Waals surface area contributed by atoms with Crippen LogP contribution in [0.1, 0.15) is 27.3 Å². The van der Waals surface area contributed by atoms with Crippen LogP contribution in [-0.4, -0.2) is 45.1 Å². The molecule has 9 heteroatoms. The van der Waals surface area contributed by atoms with E-state index in [-0.39, 0.29) is 17.8 Å². The molecule has 2 aromatic heterocycles. The predicted octanol–water partition coefficient (Wildman–Crippen LogP) is 2.62. The topological polar surface area (TPSA) is 94.2 Å². The number of nitrogens with one attached hydrogen (secondary N) is 2. The van der Waals surface area contributed by atoms with Crippen molar-refractivity contribution in [2.75, 3.05) is 18.0 Å². The number of amides is 3. The Bertz CT molecular complexity index is 1070. The van der Waals surface area contributed by atoms with Crippen LogP contribution in [0.2, 0.25) is 0 Å². The standard InChI is InChI=1S/C21H21FN6O2/c1-14-10-18(26-25-14)12-24-20(29)16-6-7-23-19(11-16)28-9-8-27(21(28)30)13-15-2-4-17(22)5-3-15/h2-7,10-11H,8-9,12-13H2,1H3,(H,24,29)(H,25,26). The average molecular weight is 408 g/mol. The van der Waals surface area contributed by atoms with Gasteiger partial charge in [-0.2, -0.15) is 5.10 Å². The molecule has 154 valence electrons. The van der Waals surface area contributed by atoms with Crippen LogP contribution in [0, 0.1) is 12.7 Å². The van der Waals surface area contributed by atoms with Gasteiger partial charge in [0.2, 0.25) is 0 Å². The number of rotatable bonds is 6. The van der Waals surface area contributed by atoms with Crippen molar-refractivity contribution in [2.24, 2.45) is 0 Å². The molecule has 0 radical (unpaired) electrons. The molecule has 1 aliphatic heterocycles. The van der Waals surface area contributed by atoms with E-state index in [9.17, 15) is 14.0 Å². The Balaban J connectivity index is 1.41. The summed E-state index contributed by atoms with van der Waals surface area (Å²) in [5.41, 5.74) is 2.92. The fraction of sp³-hybridized carbons (Fsp3) is 0.238. The van der Waals surface area contributed by atoms with Crippen LogP contribution in [0.15, 0.2) is 48.7 Å². The maximum absolute atomic E-state index is 13.1. The van der Waals surface area contributed by atoms with Gasteiger partial charge in [-0.25, -0.2) is 14.2 Å². The Hall–Kier alpha value is -3.75. The van der Waals surface area contributed by atoms with Gasteiger partial charge in [0, 0.05) is 37.1 Å². The number of carbonyl (C=O) groups excluding carboxylic acids is 2. The minimum atomic E-state index is -0.310. The summed E-state index contributed by atoms with van der Waals surface area (Å²) in [5.74, 6) is -0.158. The molecule has 1 fully saturated rings. The number of aromatic nitrogens is 3. The van der Waals surface area contributed by atoms with Crippen molar-refractivity contribution in [1.29, 1.82) is 0 Å². The molecule has 0 saturated carbocycles. The number of pyridine rings is 1. The Morgan fingerprint density at radius 1 is 1.20 bits per heavy atom. The zero-order valence-corrected chi connectivity index (χ0v) is 16.4. The summed E-state index contributed by atoms with van der Waals surface area (Å²) < 4.78 is 13.1. The normalized spacial score (nSPS) is 13.7. The molecule has 0 unspecified atom stereocenters. The molecule has 0 atom stereocenters. The summed E-state index contributed by atoms with van der Waals surface area (Å²) >= 11 is 0. The molecule has 0 spiro atoms. The lowest BCUT2D eigenvalue weighted by atomic mass is 10.2. The van der Waals surface area contributed by atoms with Gasteiger partial charge in [0.15, 0.2) is 0 Å². The lowest BCUT2D eigenvalue weighted by Gasteiger charge is -2.18.